The van der Waals surface area contributed by atoms with Gasteiger partial charge >= 0.3 is 0 Å². The molecule has 0 radical (unpaired) electrons. The smallest absolute Gasteiger partial charge is 0.224 e. The summed E-state index contributed by atoms with van der Waals surface area (Å²) in [5, 5.41) is 7.00. The third-order valence-electron chi connectivity index (χ3n) is 4.20. The van der Waals surface area contributed by atoms with E-state index in [2.05, 4.69) is 12.6 Å². The number of hydrogen-bond acceptors (Lipinski definition) is 4. The van der Waals surface area contributed by atoms with Crippen LogP contribution in [0.25, 0.3) is 11.1 Å². The van der Waals surface area contributed by atoms with Gasteiger partial charge in [-0.05, 0) is 50.5 Å². The summed E-state index contributed by atoms with van der Waals surface area (Å²) in [4.78, 5) is 21.5. The molecule has 5 heteroatoms. The molecule has 1 amide bonds. The van der Waals surface area contributed by atoms with Gasteiger partial charge in [0.2, 0.25) is 5.91 Å². The van der Waals surface area contributed by atoms with Gasteiger partial charge in [0.05, 0.1) is 13.0 Å². The number of ether oxygens (including phenoxy) is 1. The van der Waals surface area contributed by atoms with Crippen molar-refractivity contribution in [1.82, 2.24) is 0 Å². The Bertz CT molecular complexity index is 782. The Hall–Kier alpha value is -2.92. The number of aryl methyl sites for hydroxylation is 1. The molecule has 5 nitrogen and oxygen atoms in total. The number of benzene rings is 2. The van der Waals surface area contributed by atoms with Gasteiger partial charge in [-0.3, -0.25) is 9.59 Å². The summed E-state index contributed by atoms with van der Waals surface area (Å²) in [5.74, 6) is 0.471. The van der Waals surface area contributed by atoms with Crippen LogP contribution in [0.1, 0.15) is 64.4 Å². The van der Waals surface area contributed by atoms with Crippen molar-refractivity contribution in [2.24, 2.45) is 11.7 Å². The summed E-state index contributed by atoms with van der Waals surface area (Å²) in [5.41, 5.74) is 9.77. The first-order valence-electron chi connectivity index (χ1n) is 10.8. The van der Waals surface area contributed by atoms with Crippen molar-refractivity contribution in [2.45, 2.75) is 55.4 Å². The molecule has 1 unspecified atom stereocenters. The molecule has 0 heterocycles. The van der Waals surface area contributed by atoms with E-state index in [1.165, 1.54) is 0 Å². The van der Waals surface area contributed by atoms with Crippen LogP contribution in [0, 0.1) is 12.8 Å². The Morgan fingerprint density at radius 1 is 0.938 bits per heavy atom. The van der Waals surface area contributed by atoms with E-state index in [1.54, 1.807) is 27.9 Å². The highest BCUT2D eigenvalue weighted by Crippen LogP contribution is 2.27. The fourth-order valence-electron chi connectivity index (χ4n) is 2.14. The van der Waals surface area contributed by atoms with Crippen molar-refractivity contribution in [3.63, 3.8) is 0 Å². The maximum absolute atomic E-state index is 11.2. The van der Waals surface area contributed by atoms with Crippen molar-refractivity contribution < 1.29 is 19.4 Å². The number of primary amides is 1. The van der Waals surface area contributed by atoms with Gasteiger partial charge in [-0.1, -0.05) is 76.2 Å². The molecule has 32 heavy (non-hydrogen) atoms. The fourth-order valence-corrected chi connectivity index (χ4v) is 2.14. The lowest BCUT2D eigenvalue weighted by molar-refractivity contribution is -0.120. The molecular formula is C27H43NO4. The minimum atomic E-state index is -0.308. The molecule has 180 valence electrons. The van der Waals surface area contributed by atoms with Crippen LogP contribution < -0.4 is 10.5 Å². The number of carbonyl (C=O) groups is 2. The lowest BCUT2D eigenvalue weighted by Crippen LogP contribution is -2.20. The number of rotatable bonds is 5. The summed E-state index contributed by atoms with van der Waals surface area (Å²) in [6.45, 7) is 18.7. The van der Waals surface area contributed by atoms with Crippen LogP contribution >= 0.6 is 0 Å². The van der Waals surface area contributed by atoms with Crippen molar-refractivity contribution >= 4 is 11.7 Å². The van der Waals surface area contributed by atoms with Gasteiger partial charge in [-0.2, -0.15) is 0 Å². The number of Topliss-reactive ketones (excluding diaryl/α,β-unsaturated/α-hetero) is 1. The first-order chi connectivity index (χ1) is 15.2. The number of hydrogen-bond donors (Lipinski definition) is 2. The summed E-state index contributed by atoms with van der Waals surface area (Å²) in [7, 11) is 2.67. The van der Waals surface area contributed by atoms with Gasteiger partial charge in [0.1, 0.15) is 5.75 Å². The molecule has 0 spiro atoms. The van der Waals surface area contributed by atoms with Crippen LogP contribution in [0.3, 0.4) is 0 Å². The molecule has 3 N–H and O–H groups in total. The SMILES string of the molecule is C=C(C)C(C)C(N)=O.CC.CC.CO.COc1cc(-c2ccc(C(C)=O)cc2)ccc1C. The Labute approximate surface area is 195 Å². The topological polar surface area (TPSA) is 89.6 Å². The first kappa shape index (κ1) is 33.7. The fraction of sp³-hybridized carbons (Fsp3) is 0.407. The normalized spacial score (nSPS) is 9.47. The van der Waals surface area contributed by atoms with Gasteiger partial charge in [-0.25, -0.2) is 0 Å². The molecule has 0 saturated carbocycles. The minimum Gasteiger partial charge on any atom is -0.496 e. The summed E-state index contributed by atoms with van der Waals surface area (Å²) in [6, 6.07) is 13.7. The highest BCUT2D eigenvalue weighted by molar-refractivity contribution is 5.94. The molecule has 2 rings (SSSR count). The second kappa shape index (κ2) is 20.0. The third kappa shape index (κ3) is 12.7. The highest BCUT2D eigenvalue weighted by Gasteiger charge is 2.07. The lowest BCUT2D eigenvalue weighted by atomic mass is 10.0. The zero-order valence-electron chi connectivity index (χ0n) is 21.6. The number of aliphatic hydroxyl groups is 1. The molecule has 0 aliphatic rings. The Morgan fingerprint density at radius 3 is 1.69 bits per heavy atom. The average molecular weight is 446 g/mol. The first-order valence-corrected chi connectivity index (χ1v) is 10.8. The largest absolute Gasteiger partial charge is 0.496 e. The quantitative estimate of drug-likeness (QED) is 0.422. The highest BCUT2D eigenvalue weighted by atomic mass is 16.5. The molecule has 2 aromatic carbocycles. The molecule has 1 atom stereocenters. The van der Waals surface area contributed by atoms with E-state index in [4.69, 9.17) is 15.6 Å². The van der Waals surface area contributed by atoms with E-state index >= 15 is 0 Å². The predicted octanol–water partition coefficient (Wildman–Crippen LogP) is 6.22. The molecular weight excluding hydrogens is 402 g/mol. The van der Waals surface area contributed by atoms with Crippen LogP contribution in [0.5, 0.6) is 5.75 Å². The van der Waals surface area contributed by atoms with E-state index in [1.807, 2.05) is 71.0 Å². The Balaban J connectivity index is -0.000000507. The summed E-state index contributed by atoms with van der Waals surface area (Å²) >= 11 is 0. The van der Waals surface area contributed by atoms with Gasteiger partial charge in [0.15, 0.2) is 5.78 Å². The predicted molar refractivity (Wildman–Crippen MR) is 137 cm³/mol. The van der Waals surface area contributed by atoms with E-state index in [0.717, 1.165) is 40.7 Å². The Kier molecular flexibility index (Phi) is 21.1. The summed E-state index contributed by atoms with van der Waals surface area (Å²) < 4.78 is 5.31. The van der Waals surface area contributed by atoms with Gasteiger partial charge in [0.25, 0.3) is 0 Å². The van der Waals surface area contributed by atoms with Crippen LogP contribution in [0.15, 0.2) is 54.6 Å². The number of nitrogens with two attached hydrogens (primary N) is 1. The van der Waals surface area contributed by atoms with Crippen molar-refractivity contribution in [1.29, 1.82) is 0 Å². The molecule has 0 aromatic heterocycles. The van der Waals surface area contributed by atoms with Crippen LogP contribution in [0.2, 0.25) is 0 Å². The standard InChI is InChI=1S/C16H16O2.C6H11NO.2C2H6.CH4O/c1-11-4-5-15(10-16(11)18-3)14-8-6-13(7-9-14)12(2)17;1-4(2)5(3)6(7)8;3*1-2/h4-10H,1-3H3;5H,1H2,2-3H3,(H2,7,8);2*1-2H3;2H,1H3. The van der Waals surface area contributed by atoms with Crippen molar-refractivity contribution in [3.8, 4) is 16.9 Å². The van der Waals surface area contributed by atoms with E-state index in [-0.39, 0.29) is 17.6 Å². The Morgan fingerprint density at radius 2 is 1.38 bits per heavy atom. The van der Waals surface area contributed by atoms with E-state index in [0.29, 0.717) is 0 Å². The molecule has 2 aromatic rings. The van der Waals surface area contributed by atoms with Gasteiger partial charge in [0, 0.05) is 12.7 Å². The number of ketones is 1. The molecule has 0 bridgehead atoms. The zero-order valence-corrected chi connectivity index (χ0v) is 21.6. The van der Waals surface area contributed by atoms with Crippen LogP contribution in [0.4, 0.5) is 0 Å². The molecule has 0 saturated heterocycles. The maximum atomic E-state index is 11.2. The van der Waals surface area contributed by atoms with Crippen molar-refractivity contribution in [2.75, 3.05) is 14.2 Å². The van der Waals surface area contributed by atoms with E-state index in [9.17, 15) is 9.59 Å². The van der Waals surface area contributed by atoms with E-state index < -0.39 is 0 Å². The second-order valence-electron chi connectivity index (χ2n) is 6.29. The number of amides is 1. The van der Waals surface area contributed by atoms with Gasteiger partial charge < -0.3 is 15.6 Å². The molecule has 0 fully saturated rings. The van der Waals surface area contributed by atoms with Crippen LogP contribution in [-0.2, 0) is 4.79 Å². The van der Waals surface area contributed by atoms with Gasteiger partial charge in [-0.15, -0.1) is 0 Å². The van der Waals surface area contributed by atoms with Crippen molar-refractivity contribution in [3.05, 3.63) is 65.7 Å². The second-order valence-corrected chi connectivity index (χ2v) is 6.29. The third-order valence-corrected chi connectivity index (χ3v) is 4.20. The monoisotopic (exact) mass is 445 g/mol. The summed E-state index contributed by atoms with van der Waals surface area (Å²) in [6.07, 6.45) is 0. The molecule has 0 aliphatic heterocycles. The zero-order chi connectivity index (χ0) is 25.9. The average Bonchev–Trinajstić information content (AvgIpc) is 2.83. The maximum Gasteiger partial charge on any atom is 0.224 e. The number of methoxy groups -OCH3 is 1. The number of aliphatic hydroxyl groups excluding tert-OH is 1. The lowest BCUT2D eigenvalue weighted by Gasteiger charge is -2.08. The van der Waals surface area contributed by atoms with Crippen LogP contribution in [-0.4, -0.2) is 31.0 Å². The molecule has 0 aliphatic carbocycles. The number of carbonyl (C=O) groups excluding carboxylic acids is 2. The minimum absolute atomic E-state index is 0.0861.